The Balaban J connectivity index is 0.000000362. The number of carbonyl (C=O) groups is 2. The highest BCUT2D eigenvalue weighted by molar-refractivity contribution is 5.83. The van der Waals surface area contributed by atoms with E-state index in [0.717, 1.165) is 18.1 Å². The summed E-state index contributed by atoms with van der Waals surface area (Å²) in [5.41, 5.74) is 1.30. The lowest BCUT2D eigenvalue weighted by atomic mass is 9.95. The molecule has 0 heterocycles. The Morgan fingerprint density at radius 3 is 1.89 bits per heavy atom. The highest BCUT2D eigenvalue weighted by Gasteiger charge is 2.20. The van der Waals surface area contributed by atoms with Crippen LogP contribution in [0.1, 0.15) is 33.2 Å². The van der Waals surface area contributed by atoms with Gasteiger partial charge in [0, 0.05) is 16.5 Å². The highest BCUT2D eigenvalue weighted by Crippen LogP contribution is 2.11. The molecule has 1 aromatic rings. The number of carbonyl (C=O) groups excluding carboxylic acids is 2. The van der Waals surface area contributed by atoms with Gasteiger partial charge in [-0.2, -0.15) is 0 Å². The molecular weight excluding hydrogens is 248 g/mol. The van der Waals surface area contributed by atoms with Crippen molar-refractivity contribution in [3.63, 3.8) is 0 Å². The van der Waals surface area contributed by atoms with Gasteiger partial charge >= 0.3 is 0 Å². The van der Waals surface area contributed by atoms with Crippen molar-refractivity contribution in [3.8, 4) is 0 Å². The second-order valence-electron chi connectivity index (χ2n) is 4.64. The Morgan fingerprint density at radius 2 is 1.58 bits per heavy atom. The third-order valence-electron chi connectivity index (χ3n) is 2.71. The van der Waals surface area contributed by atoms with E-state index in [4.69, 9.17) is 15.3 Å². The number of aliphatic hydroxyl groups excluding tert-OH is 3. The molecule has 0 aliphatic rings. The zero-order valence-electron chi connectivity index (χ0n) is 11.2. The molecule has 1 rings (SSSR count). The van der Waals surface area contributed by atoms with Crippen LogP contribution in [0.25, 0.3) is 0 Å². The van der Waals surface area contributed by atoms with Gasteiger partial charge in [0.1, 0.15) is 12.6 Å². The normalized spacial score (nSPS) is 10.4. The van der Waals surface area contributed by atoms with Crippen molar-refractivity contribution >= 4 is 12.6 Å². The largest absolute Gasteiger partial charge is 0.396 e. The molecule has 0 spiro atoms. The summed E-state index contributed by atoms with van der Waals surface area (Å²) in [5, 5.41) is 25.4. The minimum Gasteiger partial charge on any atom is -0.396 e. The Hall–Kier alpha value is -1.56. The standard InChI is InChI=1S/C9H8O2.C5H12O3/c1-7-2-3-8(5-10)4-9(7)6-11;1-5(2-6,3-7)4-8/h2-6H,1H3;6-8H,2-4H2,1H3. The topological polar surface area (TPSA) is 94.8 Å². The molecule has 106 valence electrons. The Kier molecular flexibility index (Phi) is 7.83. The molecule has 0 saturated heterocycles. The Morgan fingerprint density at radius 1 is 1.05 bits per heavy atom. The summed E-state index contributed by atoms with van der Waals surface area (Å²) in [6.07, 6.45) is 1.48. The summed E-state index contributed by atoms with van der Waals surface area (Å²) in [7, 11) is 0. The zero-order chi connectivity index (χ0) is 14.9. The molecule has 0 saturated carbocycles. The van der Waals surface area contributed by atoms with Crippen LogP contribution in [0, 0.1) is 12.3 Å². The summed E-state index contributed by atoms with van der Waals surface area (Å²) in [6, 6.07) is 5.03. The molecule has 0 unspecified atom stereocenters. The SMILES string of the molecule is CC(CO)(CO)CO.Cc1ccc(C=O)cc1C=O. The van der Waals surface area contributed by atoms with Gasteiger partial charge in [0.2, 0.25) is 0 Å². The molecule has 5 heteroatoms. The molecule has 5 nitrogen and oxygen atoms in total. The van der Waals surface area contributed by atoms with Crippen LogP contribution in [-0.2, 0) is 0 Å². The van der Waals surface area contributed by atoms with Crippen molar-refractivity contribution in [1.82, 2.24) is 0 Å². The molecule has 0 aliphatic carbocycles. The lowest BCUT2D eigenvalue weighted by Crippen LogP contribution is -2.29. The lowest BCUT2D eigenvalue weighted by molar-refractivity contribution is 0.0200. The number of aldehydes is 2. The first kappa shape index (κ1) is 17.4. The van der Waals surface area contributed by atoms with Gasteiger partial charge in [0.15, 0.2) is 0 Å². The predicted molar refractivity (Wildman–Crippen MR) is 71.3 cm³/mol. The molecule has 3 N–H and O–H groups in total. The van der Waals surface area contributed by atoms with Crippen LogP contribution in [0.2, 0.25) is 0 Å². The average molecular weight is 268 g/mol. The number of hydrogen-bond donors (Lipinski definition) is 3. The number of aliphatic hydroxyl groups is 3. The van der Waals surface area contributed by atoms with Gasteiger partial charge in [0.25, 0.3) is 0 Å². The van der Waals surface area contributed by atoms with Crippen LogP contribution in [-0.4, -0.2) is 47.7 Å². The fraction of sp³-hybridized carbons (Fsp3) is 0.429. The summed E-state index contributed by atoms with van der Waals surface area (Å²) < 4.78 is 0. The molecule has 0 fully saturated rings. The highest BCUT2D eigenvalue weighted by atomic mass is 16.3. The van der Waals surface area contributed by atoms with Gasteiger partial charge in [-0.1, -0.05) is 19.1 Å². The van der Waals surface area contributed by atoms with Gasteiger partial charge in [-0.15, -0.1) is 0 Å². The van der Waals surface area contributed by atoms with Crippen molar-refractivity contribution in [2.24, 2.45) is 5.41 Å². The van der Waals surface area contributed by atoms with Crippen molar-refractivity contribution in [3.05, 3.63) is 34.9 Å². The molecule has 0 aliphatic heterocycles. The maximum atomic E-state index is 10.4. The molecule has 0 bridgehead atoms. The van der Waals surface area contributed by atoms with E-state index in [9.17, 15) is 9.59 Å². The predicted octanol–water partition coefficient (Wildman–Crippen LogP) is 0.590. The van der Waals surface area contributed by atoms with Crippen LogP contribution < -0.4 is 0 Å². The van der Waals surface area contributed by atoms with Crippen molar-refractivity contribution in [2.75, 3.05) is 19.8 Å². The zero-order valence-corrected chi connectivity index (χ0v) is 11.2. The van der Waals surface area contributed by atoms with E-state index < -0.39 is 5.41 Å². The monoisotopic (exact) mass is 268 g/mol. The summed E-state index contributed by atoms with van der Waals surface area (Å²) in [5.74, 6) is 0. The number of hydrogen-bond acceptors (Lipinski definition) is 5. The van der Waals surface area contributed by atoms with Gasteiger partial charge in [-0.25, -0.2) is 0 Å². The van der Waals surface area contributed by atoms with Gasteiger partial charge in [-0.3, -0.25) is 9.59 Å². The molecule has 0 radical (unpaired) electrons. The van der Waals surface area contributed by atoms with Crippen LogP contribution in [0.5, 0.6) is 0 Å². The smallest absolute Gasteiger partial charge is 0.150 e. The fourth-order valence-corrected chi connectivity index (χ4v) is 1.01. The second kappa shape index (κ2) is 8.53. The minimum absolute atomic E-state index is 0.181. The van der Waals surface area contributed by atoms with Crippen LogP contribution >= 0.6 is 0 Å². The van der Waals surface area contributed by atoms with Gasteiger partial charge < -0.3 is 15.3 Å². The summed E-state index contributed by atoms with van der Waals surface area (Å²) in [6.45, 7) is 2.89. The quantitative estimate of drug-likeness (QED) is 0.679. The van der Waals surface area contributed by atoms with E-state index in [1.807, 2.05) is 6.92 Å². The van der Waals surface area contributed by atoms with Crippen molar-refractivity contribution in [2.45, 2.75) is 13.8 Å². The summed E-state index contributed by atoms with van der Waals surface area (Å²) in [4.78, 5) is 20.6. The molecule has 0 atom stereocenters. The third-order valence-corrected chi connectivity index (χ3v) is 2.71. The van der Waals surface area contributed by atoms with E-state index in [1.165, 1.54) is 0 Å². The van der Waals surface area contributed by atoms with Crippen molar-refractivity contribution in [1.29, 1.82) is 0 Å². The van der Waals surface area contributed by atoms with Crippen LogP contribution in [0.3, 0.4) is 0 Å². The van der Waals surface area contributed by atoms with Crippen LogP contribution in [0.4, 0.5) is 0 Å². The van der Waals surface area contributed by atoms with E-state index >= 15 is 0 Å². The number of rotatable bonds is 5. The lowest BCUT2D eigenvalue weighted by Gasteiger charge is -2.20. The minimum atomic E-state index is -0.708. The average Bonchev–Trinajstić information content (AvgIpc) is 2.47. The van der Waals surface area contributed by atoms with Crippen LogP contribution in [0.15, 0.2) is 18.2 Å². The van der Waals surface area contributed by atoms with Gasteiger partial charge in [-0.05, 0) is 18.6 Å². The maximum Gasteiger partial charge on any atom is 0.150 e. The third kappa shape index (κ3) is 5.74. The molecule has 1 aromatic carbocycles. The number of aryl methyl sites for hydroxylation is 1. The second-order valence-corrected chi connectivity index (χ2v) is 4.64. The van der Waals surface area contributed by atoms with Crippen molar-refractivity contribution < 1.29 is 24.9 Å². The van der Waals surface area contributed by atoms with E-state index in [2.05, 4.69) is 0 Å². The molecule has 0 amide bonds. The van der Waals surface area contributed by atoms with E-state index in [1.54, 1.807) is 25.1 Å². The fourth-order valence-electron chi connectivity index (χ4n) is 1.01. The first-order chi connectivity index (χ1) is 8.96. The first-order valence-corrected chi connectivity index (χ1v) is 5.80. The Bertz CT molecular complexity index is 402. The maximum absolute atomic E-state index is 10.4. The molecule has 19 heavy (non-hydrogen) atoms. The molecule has 0 aromatic heterocycles. The molecular formula is C14H20O5. The number of benzene rings is 1. The Labute approximate surface area is 112 Å². The van der Waals surface area contributed by atoms with E-state index in [0.29, 0.717) is 11.1 Å². The van der Waals surface area contributed by atoms with Gasteiger partial charge in [0.05, 0.1) is 19.8 Å². The summed E-state index contributed by atoms with van der Waals surface area (Å²) >= 11 is 0. The first-order valence-electron chi connectivity index (χ1n) is 5.80. The van der Waals surface area contributed by atoms with E-state index in [-0.39, 0.29) is 19.8 Å².